The molecule has 1 aromatic carbocycles. The van der Waals surface area contributed by atoms with Gasteiger partial charge in [0.1, 0.15) is 5.82 Å². The fraction of sp³-hybridized carbons (Fsp3) is 0.308. The zero-order valence-electron chi connectivity index (χ0n) is 10.2. The van der Waals surface area contributed by atoms with Crippen molar-refractivity contribution in [2.75, 3.05) is 5.73 Å². The first kappa shape index (κ1) is 12.6. The Bertz CT molecular complexity index is 539. The Morgan fingerprint density at radius 3 is 2.94 bits per heavy atom. The number of hydrogen-bond donors (Lipinski definition) is 2. The van der Waals surface area contributed by atoms with Crippen molar-refractivity contribution in [3.05, 3.63) is 47.5 Å². The van der Waals surface area contributed by atoms with E-state index in [-0.39, 0.29) is 0 Å². The Hall–Kier alpha value is -1.88. The van der Waals surface area contributed by atoms with E-state index in [4.69, 9.17) is 5.73 Å². The highest BCUT2D eigenvalue weighted by Gasteiger charge is 2.13. The largest absolute Gasteiger partial charge is 0.398 e. The van der Waals surface area contributed by atoms with Gasteiger partial charge in [-0.2, -0.15) is 5.10 Å². The molecule has 0 radical (unpaired) electrons. The Morgan fingerprint density at radius 1 is 1.50 bits per heavy atom. The number of hydrogen-bond acceptors (Lipinski definition) is 3. The molecule has 0 aliphatic carbocycles. The van der Waals surface area contributed by atoms with Crippen LogP contribution in [0.2, 0.25) is 0 Å². The second-order valence-electron chi connectivity index (χ2n) is 4.20. The minimum atomic E-state index is -0.824. The van der Waals surface area contributed by atoms with E-state index in [1.165, 1.54) is 18.2 Å². The van der Waals surface area contributed by atoms with Crippen molar-refractivity contribution in [2.45, 2.75) is 26.0 Å². The van der Waals surface area contributed by atoms with Crippen LogP contribution in [0.1, 0.15) is 24.2 Å². The molecule has 0 saturated heterocycles. The first-order valence-electron chi connectivity index (χ1n) is 5.84. The molecule has 1 unspecified atom stereocenters. The minimum Gasteiger partial charge on any atom is -0.398 e. The van der Waals surface area contributed by atoms with Crippen LogP contribution in [0.4, 0.5) is 10.1 Å². The number of nitrogens with two attached hydrogens (primary N) is 1. The lowest BCUT2D eigenvalue weighted by Crippen LogP contribution is -2.05. The summed E-state index contributed by atoms with van der Waals surface area (Å²) in [5.41, 5.74) is 7.44. The van der Waals surface area contributed by atoms with Crippen LogP contribution in [0.5, 0.6) is 0 Å². The van der Waals surface area contributed by atoms with Gasteiger partial charge in [0.05, 0.1) is 12.3 Å². The van der Waals surface area contributed by atoms with Crippen LogP contribution >= 0.6 is 0 Å². The van der Waals surface area contributed by atoms with Crippen LogP contribution in [-0.2, 0) is 13.0 Å². The highest BCUT2D eigenvalue weighted by atomic mass is 19.1. The maximum absolute atomic E-state index is 13.1. The third-order valence-corrected chi connectivity index (χ3v) is 2.85. The summed E-state index contributed by atoms with van der Waals surface area (Å²) in [5, 5.41) is 14.2. The first-order valence-corrected chi connectivity index (χ1v) is 5.84. The second kappa shape index (κ2) is 5.18. The van der Waals surface area contributed by atoms with E-state index >= 15 is 0 Å². The third kappa shape index (κ3) is 2.68. The summed E-state index contributed by atoms with van der Waals surface area (Å²) in [4.78, 5) is 0. The molecule has 2 aromatic rings. The molecule has 0 saturated carbocycles. The lowest BCUT2D eigenvalue weighted by molar-refractivity contribution is 0.179. The van der Waals surface area contributed by atoms with Gasteiger partial charge in [-0.3, -0.25) is 4.68 Å². The van der Waals surface area contributed by atoms with E-state index < -0.39 is 11.9 Å². The van der Waals surface area contributed by atoms with Gasteiger partial charge in [-0.15, -0.1) is 0 Å². The molecule has 1 aromatic heterocycles. The highest BCUT2D eigenvalue weighted by Crippen LogP contribution is 2.24. The lowest BCUT2D eigenvalue weighted by Gasteiger charge is -2.12. The van der Waals surface area contributed by atoms with Gasteiger partial charge in [0, 0.05) is 30.4 Å². The van der Waals surface area contributed by atoms with Gasteiger partial charge >= 0.3 is 0 Å². The van der Waals surface area contributed by atoms with Crippen LogP contribution in [0.3, 0.4) is 0 Å². The Labute approximate surface area is 105 Å². The number of aliphatic hydroxyl groups is 1. The fourth-order valence-electron chi connectivity index (χ4n) is 1.85. The van der Waals surface area contributed by atoms with Crippen molar-refractivity contribution < 1.29 is 9.50 Å². The Balaban J connectivity index is 2.16. The molecular weight excluding hydrogens is 233 g/mol. The van der Waals surface area contributed by atoms with Crippen LogP contribution in [-0.4, -0.2) is 14.9 Å². The molecule has 96 valence electrons. The monoisotopic (exact) mass is 249 g/mol. The zero-order valence-corrected chi connectivity index (χ0v) is 10.2. The number of aromatic nitrogens is 2. The highest BCUT2D eigenvalue weighted by molar-refractivity contribution is 5.48. The summed E-state index contributed by atoms with van der Waals surface area (Å²) >= 11 is 0. The number of halogens is 1. The Morgan fingerprint density at radius 2 is 2.28 bits per heavy atom. The van der Waals surface area contributed by atoms with E-state index in [9.17, 15) is 9.50 Å². The molecular formula is C13H16FN3O. The maximum Gasteiger partial charge on any atom is 0.123 e. The second-order valence-corrected chi connectivity index (χ2v) is 4.20. The number of anilines is 1. The molecule has 18 heavy (non-hydrogen) atoms. The summed E-state index contributed by atoms with van der Waals surface area (Å²) in [5.74, 6) is -0.400. The van der Waals surface area contributed by atoms with E-state index in [0.29, 0.717) is 17.7 Å². The average molecular weight is 249 g/mol. The van der Waals surface area contributed by atoms with E-state index in [2.05, 4.69) is 5.10 Å². The quantitative estimate of drug-likeness (QED) is 0.813. The summed E-state index contributed by atoms with van der Waals surface area (Å²) in [7, 11) is 0. The average Bonchev–Trinajstić information content (AvgIpc) is 2.80. The lowest BCUT2D eigenvalue weighted by atomic mass is 10.0. The van der Waals surface area contributed by atoms with Crippen molar-refractivity contribution in [1.82, 2.24) is 9.78 Å². The van der Waals surface area contributed by atoms with Crippen molar-refractivity contribution in [2.24, 2.45) is 0 Å². The van der Waals surface area contributed by atoms with Crippen LogP contribution < -0.4 is 5.73 Å². The molecule has 0 amide bonds. The molecule has 0 aliphatic rings. The molecule has 5 heteroatoms. The van der Waals surface area contributed by atoms with Crippen LogP contribution in [0.25, 0.3) is 0 Å². The Kier molecular flexibility index (Phi) is 3.62. The topological polar surface area (TPSA) is 64.1 Å². The molecule has 0 spiro atoms. The molecule has 2 rings (SSSR count). The number of nitrogen functional groups attached to an aromatic ring is 1. The minimum absolute atomic E-state index is 0.369. The summed E-state index contributed by atoms with van der Waals surface area (Å²) in [6, 6.07) is 4.01. The third-order valence-electron chi connectivity index (χ3n) is 2.85. The van der Waals surface area contributed by atoms with Crippen molar-refractivity contribution >= 4 is 5.69 Å². The predicted molar refractivity (Wildman–Crippen MR) is 67.4 cm³/mol. The van der Waals surface area contributed by atoms with Gasteiger partial charge < -0.3 is 10.8 Å². The van der Waals surface area contributed by atoms with Gasteiger partial charge in [-0.05, 0) is 30.7 Å². The number of rotatable bonds is 4. The first-order chi connectivity index (χ1) is 8.60. The molecule has 3 N–H and O–H groups in total. The zero-order chi connectivity index (χ0) is 13.1. The molecule has 0 fully saturated rings. The van der Waals surface area contributed by atoms with Gasteiger partial charge in [-0.1, -0.05) is 0 Å². The van der Waals surface area contributed by atoms with Gasteiger partial charge in [0.15, 0.2) is 0 Å². The smallest absolute Gasteiger partial charge is 0.123 e. The van der Waals surface area contributed by atoms with Crippen LogP contribution in [0.15, 0.2) is 30.6 Å². The standard InChI is InChI=1S/C13H16FN3O/c1-2-17-8-9(7-16-17)5-13(18)11-6-10(14)3-4-12(11)15/h3-4,6-8,13,18H,2,5,15H2,1H3. The fourth-order valence-corrected chi connectivity index (χ4v) is 1.85. The van der Waals surface area contributed by atoms with Crippen molar-refractivity contribution in [3.63, 3.8) is 0 Å². The van der Waals surface area contributed by atoms with E-state index in [1.54, 1.807) is 10.9 Å². The molecule has 1 heterocycles. The number of nitrogens with zero attached hydrogens (tertiary/aromatic N) is 2. The summed E-state index contributed by atoms with van der Waals surface area (Å²) in [6.07, 6.45) is 3.10. The molecule has 4 nitrogen and oxygen atoms in total. The maximum atomic E-state index is 13.1. The summed E-state index contributed by atoms with van der Waals surface area (Å²) in [6.45, 7) is 2.76. The molecule has 1 atom stereocenters. The number of aryl methyl sites for hydroxylation is 1. The van der Waals surface area contributed by atoms with Gasteiger partial charge in [0.2, 0.25) is 0 Å². The van der Waals surface area contributed by atoms with E-state index in [1.807, 2.05) is 13.1 Å². The molecule has 0 bridgehead atoms. The number of aliphatic hydroxyl groups excluding tert-OH is 1. The SMILES string of the molecule is CCn1cc(CC(O)c2cc(F)ccc2N)cn1. The number of benzene rings is 1. The van der Waals surface area contributed by atoms with Gasteiger partial charge in [0.25, 0.3) is 0 Å². The molecule has 0 aliphatic heterocycles. The van der Waals surface area contributed by atoms with E-state index in [0.717, 1.165) is 12.1 Å². The van der Waals surface area contributed by atoms with Crippen molar-refractivity contribution in [1.29, 1.82) is 0 Å². The van der Waals surface area contributed by atoms with Crippen molar-refractivity contribution in [3.8, 4) is 0 Å². The van der Waals surface area contributed by atoms with Gasteiger partial charge in [-0.25, -0.2) is 4.39 Å². The normalized spacial score (nSPS) is 12.6. The summed E-state index contributed by atoms with van der Waals surface area (Å²) < 4.78 is 14.9. The van der Waals surface area contributed by atoms with Crippen LogP contribution in [0, 0.1) is 5.82 Å². The predicted octanol–water partition coefficient (Wildman–Crippen LogP) is 1.90.